The Morgan fingerprint density at radius 2 is 2.60 bits per heavy atom. The summed E-state index contributed by atoms with van der Waals surface area (Å²) in [6, 6.07) is 0. The van der Waals surface area contributed by atoms with Crippen LogP contribution in [-0.2, 0) is 16.6 Å². The van der Waals surface area contributed by atoms with Crippen molar-refractivity contribution in [1.82, 2.24) is 9.78 Å². The van der Waals surface area contributed by atoms with Gasteiger partial charge >= 0.3 is 0 Å². The second-order valence-electron chi connectivity index (χ2n) is 3.48. The third-order valence-electron chi connectivity index (χ3n) is 2.32. The van der Waals surface area contributed by atoms with Gasteiger partial charge in [0.25, 0.3) is 5.88 Å². The van der Waals surface area contributed by atoms with Crippen LogP contribution in [-0.4, -0.2) is 35.0 Å². The molecule has 1 amide bonds. The van der Waals surface area contributed by atoms with Crippen molar-refractivity contribution >= 4 is 12.1 Å². The highest BCUT2D eigenvalue weighted by Crippen LogP contribution is 2.25. The van der Waals surface area contributed by atoms with Gasteiger partial charge in [-0.15, -0.1) is 5.10 Å². The number of carbonyl (C=O) groups excluding carboxylic acids is 1. The predicted molar refractivity (Wildman–Crippen MR) is 52.7 cm³/mol. The largest absolute Gasteiger partial charge is 0.467 e. The average Bonchev–Trinajstić information content (AvgIpc) is 2.54. The lowest BCUT2D eigenvalue weighted by Crippen LogP contribution is -2.46. The molecule has 0 spiro atoms. The number of nitrogens with zero attached hydrogens (tertiary/aromatic N) is 2. The lowest BCUT2D eigenvalue weighted by molar-refractivity contribution is -0.140. The van der Waals surface area contributed by atoms with E-state index in [0.717, 1.165) is 0 Å². The fourth-order valence-electron chi connectivity index (χ4n) is 1.36. The zero-order valence-corrected chi connectivity index (χ0v) is 8.64. The lowest BCUT2D eigenvalue weighted by atomic mass is 10.2. The summed E-state index contributed by atoms with van der Waals surface area (Å²) >= 11 is 0. The number of aryl methyl sites for hydroxylation is 1. The van der Waals surface area contributed by atoms with E-state index in [2.05, 4.69) is 10.4 Å². The minimum absolute atomic E-state index is 0.0205. The molecule has 0 radical (unpaired) electrons. The van der Waals surface area contributed by atoms with E-state index < -0.39 is 0 Å². The Morgan fingerprint density at radius 3 is 3.13 bits per heavy atom. The van der Waals surface area contributed by atoms with Gasteiger partial charge in [0.2, 0.25) is 6.41 Å². The van der Waals surface area contributed by atoms with E-state index in [9.17, 15) is 4.79 Å². The monoisotopic (exact) mass is 211 g/mol. The summed E-state index contributed by atoms with van der Waals surface area (Å²) in [5.74, 6) is 0.435. The van der Waals surface area contributed by atoms with Crippen LogP contribution in [0.15, 0.2) is 6.20 Å². The quantitative estimate of drug-likeness (QED) is 0.720. The molecule has 1 aliphatic heterocycles. The number of nitrogens with one attached hydrogen (secondary N) is 1. The van der Waals surface area contributed by atoms with E-state index in [1.54, 1.807) is 17.9 Å². The molecule has 0 unspecified atom stereocenters. The van der Waals surface area contributed by atoms with E-state index >= 15 is 0 Å². The van der Waals surface area contributed by atoms with Crippen molar-refractivity contribution in [3.05, 3.63) is 6.20 Å². The first kappa shape index (κ1) is 9.97. The van der Waals surface area contributed by atoms with Crippen LogP contribution in [0.1, 0.15) is 6.92 Å². The Bertz CT molecular complexity index is 363. The predicted octanol–water partition coefficient (Wildman–Crippen LogP) is 0.154. The lowest BCUT2D eigenvalue weighted by Gasteiger charge is -2.33. The number of anilines is 1. The van der Waals surface area contributed by atoms with Crippen molar-refractivity contribution in [2.24, 2.45) is 7.05 Å². The van der Waals surface area contributed by atoms with Crippen LogP contribution in [0, 0.1) is 0 Å². The smallest absolute Gasteiger partial charge is 0.257 e. The molecule has 15 heavy (non-hydrogen) atoms. The second kappa shape index (κ2) is 3.90. The molecule has 6 nitrogen and oxygen atoms in total. The summed E-state index contributed by atoms with van der Waals surface area (Å²) in [5.41, 5.74) is 0.576. The van der Waals surface area contributed by atoms with Gasteiger partial charge in [-0.25, -0.2) is 0 Å². The zero-order valence-electron chi connectivity index (χ0n) is 8.64. The maximum atomic E-state index is 10.3. The van der Waals surface area contributed by atoms with E-state index in [1.165, 1.54) is 0 Å². The van der Waals surface area contributed by atoms with Gasteiger partial charge in [0.05, 0.1) is 18.9 Å². The van der Waals surface area contributed by atoms with Crippen molar-refractivity contribution in [1.29, 1.82) is 0 Å². The number of ether oxygens (including phenoxy) is 2. The van der Waals surface area contributed by atoms with E-state index in [1.807, 2.05) is 6.92 Å². The number of rotatable bonds is 4. The Hall–Kier alpha value is -1.56. The van der Waals surface area contributed by atoms with Crippen LogP contribution in [0.2, 0.25) is 0 Å². The highest BCUT2D eigenvalue weighted by Gasteiger charge is 2.31. The number of amides is 1. The second-order valence-corrected chi connectivity index (χ2v) is 3.48. The fraction of sp³-hybridized carbons (Fsp3) is 0.556. The van der Waals surface area contributed by atoms with E-state index in [4.69, 9.17) is 9.47 Å². The molecule has 1 saturated heterocycles. The molecule has 0 saturated carbocycles. The van der Waals surface area contributed by atoms with Gasteiger partial charge in [-0.2, -0.15) is 0 Å². The molecule has 1 aromatic heterocycles. The maximum Gasteiger partial charge on any atom is 0.257 e. The highest BCUT2D eigenvalue weighted by atomic mass is 16.6. The fourth-order valence-corrected chi connectivity index (χ4v) is 1.36. The summed E-state index contributed by atoms with van der Waals surface area (Å²) in [4.78, 5) is 10.3. The maximum absolute atomic E-state index is 10.3. The topological polar surface area (TPSA) is 65.4 Å². The van der Waals surface area contributed by atoms with Crippen LogP contribution >= 0.6 is 0 Å². The molecule has 2 heterocycles. The highest BCUT2D eigenvalue weighted by molar-refractivity contribution is 5.73. The summed E-state index contributed by atoms with van der Waals surface area (Å²) in [5, 5.41) is 6.64. The summed E-state index contributed by atoms with van der Waals surface area (Å²) in [6.45, 7) is 2.50. The first-order valence-electron chi connectivity index (χ1n) is 4.73. The normalized spacial score (nSPS) is 24.4. The van der Waals surface area contributed by atoms with Gasteiger partial charge in [0.1, 0.15) is 11.8 Å². The third-order valence-corrected chi connectivity index (χ3v) is 2.32. The Kier molecular flexibility index (Phi) is 2.59. The molecule has 1 N–H and O–H groups in total. The Balaban J connectivity index is 2.08. The Labute approximate surface area is 87.2 Å². The summed E-state index contributed by atoms with van der Waals surface area (Å²) in [7, 11) is 1.77. The van der Waals surface area contributed by atoms with E-state index in [0.29, 0.717) is 24.6 Å². The van der Waals surface area contributed by atoms with Gasteiger partial charge in [-0.05, 0) is 6.92 Å². The molecule has 2 atom stereocenters. The molecule has 1 aromatic rings. The minimum Gasteiger partial charge on any atom is -0.467 e. The van der Waals surface area contributed by atoms with Crippen LogP contribution < -0.4 is 10.1 Å². The van der Waals surface area contributed by atoms with Gasteiger partial charge in [-0.3, -0.25) is 9.48 Å². The SMILES string of the molecule is C[C@H]1OC[C@H]1Oc1nn(C)cc1NC=O. The molecule has 0 aliphatic carbocycles. The standard InChI is InChI=1S/C9H13N3O3/c1-6-8(4-14-6)15-9-7(10-5-13)3-12(2)11-9/h3,5-6,8H,4H2,1-2H3,(H,10,13)/t6-,8-/m1/s1. The number of hydrogen-bond acceptors (Lipinski definition) is 4. The molecule has 0 aromatic carbocycles. The third kappa shape index (κ3) is 1.94. The Morgan fingerprint density at radius 1 is 1.80 bits per heavy atom. The van der Waals surface area contributed by atoms with Crippen LogP contribution in [0.3, 0.4) is 0 Å². The van der Waals surface area contributed by atoms with Crippen molar-refractivity contribution in [2.45, 2.75) is 19.1 Å². The molecule has 6 heteroatoms. The summed E-state index contributed by atoms with van der Waals surface area (Å²) < 4.78 is 12.3. The van der Waals surface area contributed by atoms with Crippen molar-refractivity contribution < 1.29 is 14.3 Å². The van der Waals surface area contributed by atoms with Gasteiger partial charge in [0.15, 0.2) is 0 Å². The molecule has 0 bridgehead atoms. The van der Waals surface area contributed by atoms with Crippen LogP contribution in [0.4, 0.5) is 5.69 Å². The van der Waals surface area contributed by atoms with Crippen LogP contribution in [0.5, 0.6) is 5.88 Å². The molecule has 82 valence electrons. The zero-order chi connectivity index (χ0) is 10.8. The minimum atomic E-state index is 0.0205. The van der Waals surface area contributed by atoms with Crippen molar-refractivity contribution in [3.63, 3.8) is 0 Å². The molecular formula is C9H13N3O3. The number of hydrogen-bond donors (Lipinski definition) is 1. The first-order valence-corrected chi connectivity index (χ1v) is 4.73. The molecular weight excluding hydrogens is 198 g/mol. The average molecular weight is 211 g/mol. The molecule has 1 fully saturated rings. The first-order chi connectivity index (χ1) is 7.20. The van der Waals surface area contributed by atoms with Gasteiger partial charge < -0.3 is 14.8 Å². The number of carbonyl (C=O) groups is 1. The van der Waals surface area contributed by atoms with Crippen molar-refractivity contribution in [3.8, 4) is 5.88 Å². The van der Waals surface area contributed by atoms with E-state index in [-0.39, 0.29) is 12.2 Å². The van der Waals surface area contributed by atoms with Crippen LogP contribution in [0.25, 0.3) is 0 Å². The molecule has 1 aliphatic rings. The van der Waals surface area contributed by atoms with Gasteiger partial charge in [0, 0.05) is 7.05 Å². The summed E-state index contributed by atoms with van der Waals surface area (Å²) in [6.07, 6.45) is 2.39. The van der Waals surface area contributed by atoms with Crippen molar-refractivity contribution in [2.75, 3.05) is 11.9 Å². The number of aromatic nitrogens is 2. The van der Waals surface area contributed by atoms with Gasteiger partial charge in [-0.1, -0.05) is 0 Å². The molecule has 2 rings (SSSR count).